The van der Waals surface area contributed by atoms with E-state index in [2.05, 4.69) is 0 Å². The van der Waals surface area contributed by atoms with Crippen LogP contribution >= 0.6 is 0 Å². The van der Waals surface area contributed by atoms with Crippen LogP contribution in [0.5, 0.6) is 0 Å². The molecule has 2 aliphatic rings. The second kappa shape index (κ2) is 5.44. The number of aliphatic hydroxyl groups excluding tert-OH is 1. The summed E-state index contributed by atoms with van der Waals surface area (Å²) in [7, 11) is 0. The fourth-order valence-corrected chi connectivity index (χ4v) is 3.10. The van der Waals surface area contributed by atoms with E-state index in [4.69, 9.17) is 4.74 Å². The smallest absolute Gasteiger partial charge is 0.387 e. The Bertz CT molecular complexity index is 338. The van der Waals surface area contributed by atoms with Crippen molar-refractivity contribution in [3.8, 4) is 0 Å². The van der Waals surface area contributed by atoms with Gasteiger partial charge in [0.2, 0.25) is 0 Å². The Morgan fingerprint density at radius 2 is 1.85 bits per heavy atom. The van der Waals surface area contributed by atoms with Crippen molar-refractivity contribution in [3.63, 3.8) is 0 Å². The average Bonchev–Trinajstić information content (AvgIpc) is 2.34. The van der Waals surface area contributed by atoms with Gasteiger partial charge >= 0.3 is 6.18 Å². The Kier molecular flexibility index (Phi) is 4.35. The first kappa shape index (κ1) is 16.0. The quantitative estimate of drug-likeness (QED) is 0.807. The highest BCUT2D eigenvalue weighted by atomic mass is 19.4. The summed E-state index contributed by atoms with van der Waals surface area (Å²) in [5.74, 6) is 0. The summed E-state index contributed by atoms with van der Waals surface area (Å²) in [6.45, 7) is 2.82. The van der Waals surface area contributed by atoms with E-state index < -0.39 is 29.9 Å². The maximum atomic E-state index is 12.2. The molecule has 2 N–H and O–H groups in total. The van der Waals surface area contributed by atoms with E-state index in [-0.39, 0.29) is 6.54 Å². The predicted octanol–water partition coefficient (Wildman–Crippen LogP) is 1.31. The van der Waals surface area contributed by atoms with Gasteiger partial charge in [-0.2, -0.15) is 13.2 Å². The third-order valence-corrected chi connectivity index (χ3v) is 4.50. The van der Waals surface area contributed by atoms with Crippen LogP contribution in [0.15, 0.2) is 0 Å². The van der Waals surface area contributed by atoms with E-state index in [1.807, 2.05) is 0 Å². The summed E-state index contributed by atoms with van der Waals surface area (Å²) in [4.78, 5) is 1.73. The van der Waals surface area contributed by atoms with Gasteiger partial charge in [-0.1, -0.05) is 0 Å². The molecule has 2 saturated heterocycles. The number of piperidine rings is 1. The zero-order chi connectivity index (χ0) is 15.0. The Balaban J connectivity index is 1.90. The maximum absolute atomic E-state index is 12.2. The molecule has 4 nitrogen and oxygen atoms in total. The Labute approximate surface area is 116 Å². The van der Waals surface area contributed by atoms with Crippen molar-refractivity contribution in [3.05, 3.63) is 0 Å². The van der Waals surface area contributed by atoms with E-state index in [0.717, 1.165) is 0 Å². The van der Waals surface area contributed by atoms with Gasteiger partial charge in [0.25, 0.3) is 0 Å². The molecule has 0 aromatic heterocycles. The summed E-state index contributed by atoms with van der Waals surface area (Å²) in [5.41, 5.74) is -2.00. The molecule has 0 aromatic rings. The van der Waals surface area contributed by atoms with Crippen LogP contribution in [0.3, 0.4) is 0 Å². The van der Waals surface area contributed by atoms with Gasteiger partial charge in [-0.3, -0.25) is 0 Å². The van der Waals surface area contributed by atoms with E-state index >= 15 is 0 Å². The third kappa shape index (κ3) is 3.44. The molecule has 0 aromatic carbocycles. The van der Waals surface area contributed by atoms with E-state index in [1.165, 1.54) is 0 Å². The van der Waals surface area contributed by atoms with Crippen molar-refractivity contribution in [1.29, 1.82) is 0 Å². The van der Waals surface area contributed by atoms with Crippen LogP contribution < -0.4 is 0 Å². The van der Waals surface area contributed by atoms with Gasteiger partial charge in [0.05, 0.1) is 24.2 Å². The molecule has 2 rings (SSSR count). The average molecular weight is 297 g/mol. The molecule has 0 bridgehead atoms. The van der Waals surface area contributed by atoms with Crippen LogP contribution in [0, 0.1) is 0 Å². The number of nitrogens with zero attached hydrogens (tertiary/aromatic N) is 1. The highest BCUT2D eigenvalue weighted by Gasteiger charge is 2.52. The fraction of sp³-hybridized carbons (Fsp3) is 1.00. The van der Waals surface area contributed by atoms with Crippen molar-refractivity contribution in [2.45, 2.75) is 56.1 Å². The molecule has 7 heteroatoms. The van der Waals surface area contributed by atoms with Gasteiger partial charge in [-0.15, -0.1) is 0 Å². The fourth-order valence-electron chi connectivity index (χ4n) is 3.10. The standard InChI is InChI=1S/C13H22F3NO3/c1-11(19)5-9-20-12(10(11)18)2-6-17(7-3-12)8-4-13(14,15)16/h10,18-19H,2-9H2,1H3/t10-,11+/m0/s1. The molecular formula is C13H22F3NO3. The van der Waals surface area contributed by atoms with Crippen LogP contribution in [0.2, 0.25) is 0 Å². The molecule has 2 heterocycles. The molecule has 0 amide bonds. The molecule has 20 heavy (non-hydrogen) atoms. The normalized spacial score (nSPS) is 35.4. The SMILES string of the molecule is C[C@@]1(O)CCOC2(CCN(CCC(F)(F)F)CC2)[C@H]1O. The van der Waals surface area contributed by atoms with Gasteiger partial charge in [0.15, 0.2) is 0 Å². The van der Waals surface area contributed by atoms with Crippen LogP contribution in [-0.2, 0) is 4.74 Å². The number of rotatable bonds is 2. The minimum absolute atomic E-state index is 0.0218. The zero-order valence-electron chi connectivity index (χ0n) is 11.6. The van der Waals surface area contributed by atoms with Crippen LogP contribution in [-0.4, -0.2) is 64.8 Å². The lowest BCUT2D eigenvalue weighted by Gasteiger charge is -2.51. The first-order valence-electron chi connectivity index (χ1n) is 6.98. The van der Waals surface area contributed by atoms with E-state index in [9.17, 15) is 23.4 Å². The third-order valence-electron chi connectivity index (χ3n) is 4.50. The van der Waals surface area contributed by atoms with E-state index in [1.54, 1.807) is 11.8 Å². The van der Waals surface area contributed by atoms with Gasteiger partial charge in [-0.05, 0) is 19.8 Å². The number of alkyl halides is 3. The monoisotopic (exact) mass is 297 g/mol. The highest BCUT2D eigenvalue weighted by molar-refractivity contribution is 5.04. The lowest BCUT2D eigenvalue weighted by molar-refractivity contribution is -0.246. The molecule has 118 valence electrons. The molecule has 0 saturated carbocycles. The lowest BCUT2D eigenvalue weighted by atomic mass is 9.75. The minimum atomic E-state index is -4.14. The summed E-state index contributed by atoms with van der Waals surface area (Å²) in [6.07, 6.45) is -4.69. The first-order chi connectivity index (χ1) is 9.15. The molecule has 0 aliphatic carbocycles. The molecule has 2 aliphatic heterocycles. The predicted molar refractivity (Wildman–Crippen MR) is 66.3 cm³/mol. The Hall–Kier alpha value is -0.370. The Morgan fingerprint density at radius 1 is 1.25 bits per heavy atom. The second-order valence-corrected chi connectivity index (χ2v) is 6.13. The van der Waals surface area contributed by atoms with Crippen molar-refractivity contribution < 1.29 is 28.1 Å². The van der Waals surface area contributed by atoms with Crippen LogP contribution in [0.4, 0.5) is 13.2 Å². The van der Waals surface area contributed by atoms with Crippen LogP contribution in [0.1, 0.15) is 32.6 Å². The summed E-state index contributed by atoms with van der Waals surface area (Å²) in [6, 6.07) is 0. The molecular weight excluding hydrogens is 275 g/mol. The van der Waals surface area contributed by atoms with Crippen molar-refractivity contribution in [1.82, 2.24) is 4.90 Å². The highest BCUT2D eigenvalue weighted by Crippen LogP contribution is 2.39. The second-order valence-electron chi connectivity index (χ2n) is 6.13. The largest absolute Gasteiger partial charge is 0.390 e. The van der Waals surface area contributed by atoms with Crippen molar-refractivity contribution in [2.75, 3.05) is 26.2 Å². The first-order valence-corrected chi connectivity index (χ1v) is 6.98. The maximum Gasteiger partial charge on any atom is 0.390 e. The number of ether oxygens (including phenoxy) is 1. The summed E-state index contributed by atoms with van der Waals surface area (Å²) >= 11 is 0. The summed E-state index contributed by atoms with van der Waals surface area (Å²) in [5, 5.41) is 20.4. The minimum Gasteiger partial charge on any atom is -0.387 e. The number of likely N-dealkylation sites (tertiary alicyclic amines) is 1. The van der Waals surface area contributed by atoms with Gasteiger partial charge in [0.1, 0.15) is 6.10 Å². The number of hydrogen-bond acceptors (Lipinski definition) is 4. The molecule has 2 fully saturated rings. The molecule has 0 unspecified atom stereocenters. The number of aliphatic hydroxyl groups is 2. The summed E-state index contributed by atoms with van der Waals surface area (Å²) < 4.78 is 42.3. The molecule has 1 spiro atoms. The topological polar surface area (TPSA) is 52.9 Å². The van der Waals surface area contributed by atoms with Gasteiger partial charge < -0.3 is 19.8 Å². The molecule has 0 radical (unpaired) electrons. The van der Waals surface area contributed by atoms with Crippen LogP contribution in [0.25, 0.3) is 0 Å². The number of halogens is 3. The van der Waals surface area contributed by atoms with Gasteiger partial charge in [-0.25, -0.2) is 0 Å². The van der Waals surface area contributed by atoms with Crippen molar-refractivity contribution >= 4 is 0 Å². The zero-order valence-corrected chi connectivity index (χ0v) is 11.6. The van der Waals surface area contributed by atoms with E-state index in [0.29, 0.717) is 39.0 Å². The Morgan fingerprint density at radius 3 is 2.40 bits per heavy atom. The molecule has 2 atom stereocenters. The number of hydrogen-bond donors (Lipinski definition) is 2. The van der Waals surface area contributed by atoms with Crippen molar-refractivity contribution in [2.24, 2.45) is 0 Å². The lowest BCUT2D eigenvalue weighted by Crippen LogP contribution is -2.64. The van der Waals surface area contributed by atoms with Gasteiger partial charge in [0, 0.05) is 26.1 Å².